The molecule has 32 heavy (non-hydrogen) atoms. The highest BCUT2D eigenvalue weighted by molar-refractivity contribution is 7.48. The third-order valence-corrected chi connectivity index (χ3v) is 6.91. The predicted octanol–water partition coefficient (Wildman–Crippen LogP) is 1.94. The van der Waals surface area contributed by atoms with Crippen molar-refractivity contribution < 1.29 is 33.1 Å². The zero-order valence-corrected chi connectivity index (χ0v) is 18.0. The van der Waals surface area contributed by atoms with Gasteiger partial charge in [-0.05, 0) is 17.7 Å². The highest BCUT2D eigenvalue weighted by Crippen LogP contribution is 2.59. The Morgan fingerprint density at radius 2 is 2.09 bits per heavy atom. The van der Waals surface area contributed by atoms with Crippen LogP contribution in [0.15, 0.2) is 36.9 Å². The average Bonchev–Trinajstić information content (AvgIpc) is 3.31. The summed E-state index contributed by atoms with van der Waals surface area (Å²) in [6.45, 7) is 0.0889. The number of aliphatic hydroxyl groups is 2. The van der Waals surface area contributed by atoms with E-state index in [1.54, 1.807) is 24.3 Å². The summed E-state index contributed by atoms with van der Waals surface area (Å²) in [6.07, 6.45) is -3.25. The number of aromatic nitrogens is 4. The number of rotatable bonds is 4. The van der Waals surface area contributed by atoms with E-state index in [-0.39, 0.29) is 18.1 Å². The van der Waals surface area contributed by atoms with E-state index in [9.17, 15) is 14.8 Å². The fraction of sp³-hybridized carbons (Fsp3) is 0.389. The predicted molar refractivity (Wildman–Crippen MR) is 110 cm³/mol. The molecule has 0 amide bonds. The van der Waals surface area contributed by atoms with Gasteiger partial charge in [-0.2, -0.15) is 0 Å². The van der Waals surface area contributed by atoms with Gasteiger partial charge in [-0.15, -0.1) is 0 Å². The van der Waals surface area contributed by atoms with Gasteiger partial charge in [-0.3, -0.25) is 18.1 Å². The Labute approximate surface area is 186 Å². The molecule has 2 aliphatic heterocycles. The maximum Gasteiger partial charge on any atom is 0.477 e. The quantitative estimate of drug-likeness (QED) is 0.464. The van der Waals surface area contributed by atoms with Crippen LogP contribution < -0.4 is 5.73 Å². The van der Waals surface area contributed by atoms with Gasteiger partial charge in [0.15, 0.2) is 24.0 Å². The van der Waals surface area contributed by atoms with Crippen molar-refractivity contribution in [1.29, 1.82) is 0 Å². The second kappa shape index (κ2) is 8.32. The first-order valence-electron chi connectivity index (χ1n) is 9.66. The number of ether oxygens (including phenoxy) is 1. The van der Waals surface area contributed by atoms with Gasteiger partial charge in [0.25, 0.3) is 0 Å². The number of hydrogen-bond donors (Lipinski definition) is 3. The Bertz CT molecular complexity index is 1200. The first-order valence-corrected chi connectivity index (χ1v) is 11.5. The lowest BCUT2D eigenvalue weighted by molar-refractivity contribution is -0.144. The molecule has 3 unspecified atom stereocenters. The summed E-state index contributed by atoms with van der Waals surface area (Å²) in [5.74, 6) is 0.148. The number of aliphatic hydroxyl groups excluding tert-OH is 2. The van der Waals surface area contributed by atoms with Gasteiger partial charge in [-0.1, -0.05) is 23.7 Å². The van der Waals surface area contributed by atoms with Crippen LogP contribution >= 0.6 is 19.4 Å². The number of fused-ring (bicyclic) bond motifs is 1. The lowest BCUT2D eigenvalue weighted by atomic mass is 10.1. The van der Waals surface area contributed by atoms with Gasteiger partial charge in [0.2, 0.25) is 0 Å². The van der Waals surface area contributed by atoms with Crippen molar-refractivity contribution >= 4 is 36.4 Å². The minimum absolute atomic E-state index is 0.0889. The van der Waals surface area contributed by atoms with Crippen LogP contribution in [0.2, 0.25) is 5.02 Å². The molecule has 0 bridgehead atoms. The van der Waals surface area contributed by atoms with Crippen molar-refractivity contribution in [2.24, 2.45) is 0 Å². The van der Waals surface area contributed by atoms with Crippen LogP contribution in [0.25, 0.3) is 11.2 Å². The number of phosphoric ester groups is 1. The van der Waals surface area contributed by atoms with Gasteiger partial charge in [0.1, 0.15) is 24.1 Å². The number of nitrogen functional groups attached to an aromatic ring is 1. The van der Waals surface area contributed by atoms with E-state index in [0.29, 0.717) is 22.5 Å². The highest BCUT2D eigenvalue weighted by atomic mass is 35.5. The number of benzene rings is 1. The fourth-order valence-corrected chi connectivity index (χ4v) is 5.30. The summed E-state index contributed by atoms with van der Waals surface area (Å²) in [5.41, 5.74) is 7.08. The smallest absolute Gasteiger partial charge is 0.385 e. The van der Waals surface area contributed by atoms with E-state index >= 15 is 0 Å². The number of phosphoric acid groups is 1. The maximum atomic E-state index is 13.1. The van der Waals surface area contributed by atoms with Gasteiger partial charge >= 0.3 is 7.82 Å². The van der Waals surface area contributed by atoms with Gasteiger partial charge < -0.3 is 20.7 Å². The lowest BCUT2D eigenvalue weighted by Gasteiger charge is -2.30. The molecule has 3 aromatic rings. The van der Waals surface area contributed by atoms with Crippen molar-refractivity contribution in [3.05, 3.63) is 47.5 Å². The number of hydrogen-bond acceptors (Lipinski definition) is 11. The molecule has 2 aromatic heterocycles. The standard InChI is InChI=1S/C18H19ClN5O7P/c19-10-3-1-2-9(6-10)11-4-5-28-32(27,30-11)31-18-14(26)13(25)17(29-18)24-8-23-12-15(20)21-7-22-16(12)24/h1-3,6-8,11,13-14,17-18,25-26H,4-5H2,(H2,20,21,22)/t11?,13-,14+,17-,18?,32?/m1/s1. The van der Waals surface area contributed by atoms with Crippen molar-refractivity contribution in [3.8, 4) is 0 Å². The van der Waals surface area contributed by atoms with Crippen LogP contribution in [0.5, 0.6) is 0 Å². The Morgan fingerprint density at radius 3 is 2.91 bits per heavy atom. The molecule has 5 rings (SSSR count). The van der Waals surface area contributed by atoms with Crippen molar-refractivity contribution in [2.75, 3.05) is 12.3 Å². The summed E-state index contributed by atoms with van der Waals surface area (Å²) < 4.78 is 36.4. The maximum absolute atomic E-state index is 13.1. The van der Waals surface area contributed by atoms with E-state index in [0.717, 1.165) is 0 Å². The summed E-state index contributed by atoms with van der Waals surface area (Å²) in [7, 11) is -4.13. The molecule has 0 spiro atoms. The van der Waals surface area contributed by atoms with Crippen LogP contribution in [-0.2, 0) is 22.9 Å². The molecular weight excluding hydrogens is 465 g/mol. The van der Waals surface area contributed by atoms with Gasteiger partial charge in [0.05, 0.1) is 19.0 Å². The van der Waals surface area contributed by atoms with Crippen LogP contribution in [-0.4, -0.2) is 54.8 Å². The number of nitrogens with two attached hydrogens (primary N) is 1. The molecule has 0 aliphatic carbocycles. The summed E-state index contributed by atoms with van der Waals surface area (Å²) >= 11 is 6.03. The van der Waals surface area contributed by atoms with E-state index in [2.05, 4.69) is 15.0 Å². The minimum atomic E-state index is -4.13. The van der Waals surface area contributed by atoms with Crippen molar-refractivity contribution in [1.82, 2.24) is 19.5 Å². The molecule has 2 fully saturated rings. The summed E-state index contributed by atoms with van der Waals surface area (Å²) in [6, 6.07) is 6.94. The van der Waals surface area contributed by atoms with Crippen molar-refractivity contribution in [3.63, 3.8) is 0 Å². The monoisotopic (exact) mass is 483 g/mol. The van der Waals surface area contributed by atoms with Crippen LogP contribution in [0.1, 0.15) is 24.3 Å². The van der Waals surface area contributed by atoms with E-state index < -0.39 is 38.7 Å². The molecule has 2 aliphatic rings. The van der Waals surface area contributed by atoms with Gasteiger partial charge in [-0.25, -0.2) is 19.5 Å². The SMILES string of the molecule is Nc1ncnc2c1ncn2[C@@H]1OC(OP2(=O)OCCC(c3cccc(Cl)c3)O2)[C@@H](O)[C@H]1O. The first-order chi connectivity index (χ1) is 15.3. The summed E-state index contributed by atoms with van der Waals surface area (Å²) in [4.78, 5) is 12.1. The second-order valence-electron chi connectivity index (χ2n) is 7.28. The second-order valence-corrected chi connectivity index (χ2v) is 9.29. The highest BCUT2D eigenvalue weighted by Gasteiger charge is 2.50. The molecule has 0 saturated carbocycles. The molecule has 170 valence electrons. The molecule has 0 radical (unpaired) electrons. The normalized spacial score (nSPS) is 33.0. The number of halogens is 1. The van der Waals surface area contributed by atoms with E-state index in [1.165, 1.54) is 17.2 Å². The van der Waals surface area contributed by atoms with Gasteiger partial charge in [0, 0.05) is 11.4 Å². The Hall–Kier alpha value is -2.15. The van der Waals surface area contributed by atoms with Crippen LogP contribution in [0.3, 0.4) is 0 Å². The number of anilines is 1. The number of imidazole rings is 1. The molecular formula is C18H19ClN5O7P. The Kier molecular flexibility index (Phi) is 5.64. The average molecular weight is 484 g/mol. The fourth-order valence-electron chi connectivity index (χ4n) is 3.63. The summed E-state index contributed by atoms with van der Waals surface area (Å²) in [5, 5.41) is 21.5. The number of nitrogens with zero attached hydrogens (tertiary/aromatic N) is 4. The first kappa shape index (κ1) is 21.7. The van der Waals surface area contributed by atoms with Crippen LogP contribution in [0, 0.1) is 0 Å². The Morgan fingerprint density at radius 1 is 1.25 bits per heavy atom. The Balaban J connectivity index is 1.35. The molecule has 14 heteroatoms. The zero-order valence-electron chi connectivity index (χ0n) is 16.4. The molecule has 4 N–H and O–H groups in total. The molecule has 2 saturated heterocycles. The largest absolute Gasteiger partial charge is 0.477 e. The third kappa shape index (κ3) is 3.89. The van der Waals surface area contributed by atoms with Crippen molar-refractivity contribution in [2.45, 2.75) is 37.3 Å². The molecule has 6 atom stereocenters. The molecule has 12 nitrogen and oxygen atoms in total. The van der Waals surface area contributed by atoms with E-state index in [4.69, 9.17) is 35.6 Å². The zero-order chi connectivity index (χ0) is 22.5. The van der Waals surface area contributed by atoms with E-state index in [1.807, 2.05) is 0 Å². The van der Waals surface area contributed by atoms with Crippen LogP contribution in [0.4, 0.5) is 5.82 Å². The lowest BCUT2D eigenvalue weighted by Crippen LogP contribution is -2.33. The third-order valence-electron chi connectivity index (χ3n) is 5.19. The topological polar surface area (TPSA) is 164 Å². The molecule has 1 aromatic carbocycles. The minimum Gasteiger partial charge on any atom is -0.385 e. The molecule has 4 heterocycles.